The molecule has 2 heterocycles. The normalized spacial score (nSPS) is 18.0. The third-order valence-corrected chi connectivity index (χ3v) is 5.23. The number of likely N-dealkylation sites (N-methyl/N-ethyl adjacent to an activating group) is 2. The molecule has 0 saturated carbocycles. The average molecular weight is 404 g/mol. The highest BCUT2D eigenvalue weighted by molar-refractivity contribution is 6.44. The van der Waals surface area contributed by atoms with Crippen molar-refractivity contribution in [2.24, 2.45) is 4.99 Å². The molecule has 2 aromatic carbocycles. The minimum atomic E-state index is -0.776. The highest BCUT2D eigenvalue weighted by Gasteiger charge is 2.31. The molecular formula is C23H24N4O3. The number of nitrogens with one attached hydrogen (secondary N) is 1. The summed E-state index contributed by atoms with van der Waals surface area (Å²) >= 11 is 0. The molecule has 2 aliphatic rings. The minimum absolute atomic E-state index is 0.0759. The predicted molar refractivity (Wildman–Crippen MR) is 117 cm³/mol. The van der Waals surface area contributed by atoms with Gasteiger partial charge in [0.15, 0.2) is 0 Å². The molecule has 30 heavy (non-hydrogen) atoms. The maximum Gasteiger partial charge on any atom is 0.270 e. The van der Waals surface area contributed by atoms with E-state index < -0.39 is 6.04 Å². The van der Waals surface area contributed by atoms with Gasteiger partial charge in [-0.05, 0) is 35.9 Å². The van der Waals surface area contributed by atoms with E-state index in [0.717, 1.165) is 11.3 Å². The van der Waals surface area contributed by atoms with Gasteiger partial charge >= 0.3 is 0 Å². The fourth-order valence-electron chi connectivity index (χ4n) is 3.57. The number of benzene rings is 2. The predicted octanol–water partition coefficient (Wildman–Crippen LogP) is 2.04. The third-order valence-electron chi connectivity index (χ3n) is 5.23. The van der Waals surface area contributed by atoms with Crippen molar-refractivity contribution >= 4 is 28.9 Å². The van der Waals surface area contributed by atoms with E-state index in [0.29, 0.717) is 30.2 Å². The van der Waals surface area contributed by atoms with Crippen LogP contribution in [0.15, 0.2) is 71.2 Å². The number of carbonyl (C=O) groups excluding carboxylic acids is 2. The monoisotopic (exact) mass is 404 g/mol. The number of hydrogen-bond donors (Lipinski definition) is 1. The van der Waals surface area contributed by atoms with Gasteiger partial charge in [-0.1, -0.05) is 30.3 Å². The number of nitrogens with zero attached hydrogens (tertiary/aromatic N) is 3. The first-order valence-electron chi connectivity index (χ1n) is 9.83. The molecule has 7 nitrogen and oxygen atoms in total. The van der Waals surface area contributed by atoms with Gasteiger partial charge in [0.2, 0.25) is 0 Å². The molecule has 4 rings (SSSR count). The number of ether oxygens (including phenoxy) is 1. The van der Waals surface area contributed by atoms with Crippen molar-refractivity contribution in [3.05, 3.63) is 66.2 Å². The van der Waals surface area contributed by atoms with E-state index in [9.17, 15) is 9.59 Å². The summed E-state index contributed by atoms with van der Waals surface area (Å²) in [4.78, 5) is 33.5. The fraction of sp³-hybridized carbons (Fsp3) is 0.261. The second kappa shape index (κ2) is 8.41. The first-order chi connectivity index (χ1) is 14.5. The zero-order chi connectivity index (χ0) is 21.1. The molecule has 2 amide bonds. The molecule has 0 saturated heterocycles. The lowest BCUT2D eigenvalue weighted by Gasteiger charge is -2.20. The van der Waals surface area contributed by atoms with Crippen LogP contribution in [0.5, 0.6) is 5.75 Å². The molecule has 7 heteroatoms. The van der Waals surface area contributed by atoms with Gasteiger partial charge in [-0.25, -0.2) is 0 Å². The van der Waals surface area contributed by atoms with Gasteiger partial charge in [0.25, 0.3) is 11.8 Å². The van der Waals surface area contributed by atoms with Crippen LogP contribution in [-0.2, 0) is 9.59 Å². The summed E-state index contributed by atoms with van der Waals surface area (Å²) in [6.07, 6.45) is 1.80. The van der Waals surface area contributed by atoms with Crippen molar-refractivity contribution in [2.45, 2.75) is 6.04 Å². The van der Waals surface area contributed by atoms with Crippen molar-refractivity contribution < 1.29 is 14.3 Å². The van der Waals surface area contributed by atoms with Crippen LogP contribution in [0, 0.1) is 0 Å². The number of rotatable bonds is 5. The molecule has 0 fully saturated rings. The highest BCUT2D eigenvalue weighted by Crippen LogP contribution is 2.29. The number of anilines is 2. The molecule has 1 N–H and O–H groups in total. The van der Waals surface area contributed by atoms with E-state index in [2.05, 4.69) is 15.2 Å². The van der Waals surface area contributed by atoms with E-state index in [1.54, 1.807) is 13.1 Å². The van der Waals surface area contributed by atoms with Gasteiger partial charge in [0.05, 0.1) is 12.2 Å². The SMILES string of the molecule is CN(CC1=CC(C(=O)N[C@@H]2COc3ccccc3N(C)C2=O)=NC1)c1ccccc1. The van der Waals surface area contributed by atoms with Crippen molar-refractivity contribution in [2.75, 3.05) is 43.6 Å². The van der Waals surface area contributed by atoms with Gasteiger partial charge in [-0.15, -0.1) is 0 Å². The summed E-state index contributed by atoms with van der Waals surface area (Å²) < 4.78 is 5.75. The molecule has 0 aromatic heterocycles. The Labute approximate surface area is 175 Å². The molecular weight excluding hydrogens is 380 g/mol. The van der Waals surface area contributed by atoms with Gasteiger partial charge in [0.1, 0.15) is 24.1 Å². The Kier molecular flexibility index (Phi) is 5.52. The summed E-state index contributed by atoms with van der Waals surface area (Å²) in [5.41, 5.74) is 3.16. The first kappa shape index (κ1) is 19.7. The zero-order valence-corrected chi connectivity index (χ0v) is 17.0. The summed E-state index contributed by atoms with van der Waals surface area (Å²) in [6, 6.07) is 16.6. The number of para-hydroxylation sites is 3. The number of hydrogen-bond acceptors (Lipinski definition) is 5. The maximum absolute atomic E-state index is 12.8. The van der Waals surface area contributed by atoms with Gasteiger partial charge in [0, 0.05) is 26.3 Å². The lowest BCUT2D eigenvalue weighted by molar-refractivity contribution is -0.124. The Morgan fingerprint density at radius 2 is 1.93 bits per heavy atom. The van der Waals surface area contributed by atoms with Crippen molar-refractivity contribution in [3.8, 4) is 5.75 Å². The maximum atomic E-state index is 12.8. The molecule has 0 unspecified atom stereocenters. The van der Waals surface area contributed by atoms with Crippen LogP contribution in [0.3, 0.4) is 0 Å². The topological polar surface area (TPSA) is 74.2 Å². The van der Waals surface area contributed by atoms with Crippen LogP contribution in [0.1, 0.15) is 0 Å². The zero-order valence-electron chi connectivity index (χ0n) is 17.0. The van der Waals surface area contributed by atoms with Crippen LogP contribution in [0.25, 0.3) is 0 Å². The van der Waals surface area contributed by atoms with Crippen LogP contribution in [0.4, 0.5) is 11.4 Å². The van der Waals surface area contributed by atoms with E-state index >= 15 is 0 Å². The Bertz CT molecular complexity index is 1020. The van der Waals surface area contributed by atoms with E-state index in [1.165, 1.54) is 4.90 Å². The highest BCUT2D eigenvalue weighted by atomic mass is 16.5. The second-order valence-electron chi connectivity index (χ2n) is 7.40. The van der Waals surface area contributed by atoms with Crippen LogP contribution in [-0.4, -0.2) is 57.4 Å². The van der Waals surface area contributed by atoms with Crippen molar-refractivity contribution in [1.29, 1.82) is 0 Å². The van der Waals surface area contributed by atoms with Crippen molar-refractivity contribution in [3.63, 3.8) is 0 Å². The molecule has 2 aromatic rings. The Morgan fingerprint density at radius 1 is 1.20 bits per heavy atom. The fourth-order valence-corrected chi connectivity index (χ4v) is 3.57. The number of amides is 2. The Balaban J connectivity index is 1.39. The van der Waals surface area contributed by atoms with E-state index in [-0.39, 0.29) is 18.4 Å². The summed E-state index contributed by atoms with van der Waals surface area (Å²) in [5.74, 6) is 0.0306. The molecule has 0 bridgehead atoms. The van der Waals surface area contributed by atoms with Crippen molar-refractivity contribution in [1.82, 2.24) is 5.32 Å². The summed E-state index contributed by atoms with van der Waals surface area (Å²) in [6.45, 7) is 1.22. The Hall–Kier alpha value is -3.61. The first-order valence-corrected chi connectivity index (χ1v) is 9.83. The molecule has 2 aliphatic heterocycles. The molecule has 154 valence electrons. The lowest BCUT2D eigenvalue weighted by Crippen LogP contribution is -2.50. The minimum Gasteiger partial charge on any atom is -0.489 e. The summed E-state index contributed by atoms with van der Waals surface area (Å²) in [5, 5.41) is 2.78. The molecule has 0 radical (unpaired) electrons. The average Bonchev–Trinajstić information content (AvgIpc) is 3.20. The van der Waals surface area contributed by atoms with Gasteiger partial charge in [-0.3, -0.25) is 14.6 Å². The quantitative estimate of drug-likeness (QED) is 0.828. The number of carbonyl (C=O) groups is 2. The van der Waals surface area contributed by atoms with Crippen LogP contribution < -0.4 is 19.9 Å². The van der Waals surface area contributed by atoms with Crippen LogP contribution >= 0.6 is 0 Å². The number of fused-ring (bicyclic) bond motifs is 1. The van der Waals surface area contributed by atoms with Crippen LogP contribution in [0.2, 0.25) is 0 Å². The summed E-state index contributed by atoms with van der Waals surface area (Å²) in [7, 11) is 3.68. The second-order valence-corrected chi connectivity index (χ2v) is 7.40. The molecule has 1 atom stereocenters. The number of aliphatic imine (C=N–C) groups is 1. The third kappa shape index (κ3) is 4.05. The van der Waals surface area contributed by atoms with Gasteiger partial charge < -0.3 is 19.9 Å². The lowest BCUT2D eigenvalue weighted by atomic mass is 10.2. The molecule has 0 spiro atoms. The standard InChI is InChI=1S/C23H24N4O3/c1-26(17-8-4-3-5-9-17)14-16-12-18(24-13-16)22(28)25-19-15-30-21-11-7-6-10-20(21)27(2)23(19)29/h3-12,19H,13-15H2,1-2H3,(H,25,28)/t19-/m1/s1. The van der Waals surface area contributed by atoms with Gasteiger partial charge in [-0.2, -0.15) is 0 Å². The largest absolute Gasteiger partial charge is 0.489 e. The molecule has 0 aliphatic carbocycles. The van der Waals surface area contributed by atoms with E-state index in [4.69, 9.17) is 4.74 Å². The smallest absolute Gasteiger partial charge is 0.270 e. The Morgan fingerprint density at radius 3 is 2.73 bits per heavy atom. The van der Waals surface area contributed by atoms with E-state index in [1.807, 2.05) is 61.6 Å².